The molecule has 0 unspecified atom stereocenters. The summed E-state index contributed by atoms with van der Waals surface area (Å²) in [7, 11) is 2.10. The van der Waals surface area contributed by atoms with Crippen molar-refractivity contribution in [1.29, 1.82) is 0 Å². The van der Waals surface area contributed by atoms with Crippen molar-refractivity contribution in [2.45, 2.75) is 34.6 Å². The van der Waals surface area contributed by atoms with E-state index in [1.165, 1.54) is 38.5 Å². The molecule has 0 aliphatic carbocycles. The van der Waals surface area contributed by atoms with Crippen LogP contribution >= 0.6 is 0 Å². The van der Waals surface area contributed by atoms with Crippen molar-refractivity contribution >= 4 is 21.8 Å². The van der Waals surface area contributed by atoms with Gasteiger partial charge in [-0.25, -0.2) is 4.98 Å². The standard InChI is InChI=1S/C17H20N2/c1-9-7-10(2)15-12(4)16-17(11(3)14(15)8-9)19(6)13(5)18-16/h7-8H,1-6H3. The third kappa shape index (κ3) is 1.52. The molecule has 98 valence electrons. The van der Waals surface area contributed by atoms with Crippen molar-refractivity contribution in [1.82, 2.24) is 9.55 Å². The Labute approximate surface area is 114 Å². The molecule has 0 atom stereocenters. The molecule has 0 N–H and O–H groups in total. The van der Waals surface area contributed by atoms with Crippen molar-refractivity contribution in [2.75, 3.05) is 0 Å². The molecule has 0 spiro atoms. The van der Waals surface area contributed by atoms with Crippen LogP contribution in [-0.4, -0.2) is 9.55 Å². The van der Waals surface area contributed by atoms with Gasteiger partial charge in [0.2, 0.25) is 0 Å². The molecule has 0 amide bonds. The monoisotopic (exact) mass is 252 g/mol. The summed E-state index contributed by atoms with van der Waals surface area (Å²) in [6.07, 6.45) is 0. The normalized spacial score (nSPS) is 11.7. The van der Waals surface area contributed by atoms with Crippen LogP contribution in [0.1, 0.15) is 28.1 Å². The van der Waals surface area contributed by atoms with Gasteiger partial charge in [0.25, 0.3) is 0 Å². The fourth-order valence-corrected chi connectivity index (χ4v) is 3.31. The van der Waals surface area contributed by atoms with Gasteiger partial charge >= 0.3 is 0 Å². The summed E-state index contributed by atoms with van der Waals surface area (Å²) in [6, 6.07) is 4.56. The molecule has 0 aliphatic rings. The molecule has 2 aromatic carbocycles. The van der Waals surface area contributed by atoms with Crippen molar-refractivity contribution in [2.24, 2.45) is 7.05 Å². The fourth-order valence-electron chi connectivity index (χ4n) is 3.31. The Kier molecular flexibility index (Phi) is 2.46. The van der Waals surface area contributed by atoms with E-state index < -0.39 is 0 Å². The van der Waals surface area contributed by atoms with E-state index in [1.54, 1.807) is 0 Å². The maximum Gasteiger partial charge on any atom is 0.106 e. The first-order chi connectivity index (χ1) is 8.91. The first kappa shape index (κ1) is 12.2. The minimum Gasteiger partial charge on any atom is -0.331 e. The Balaban J connectivity index is 2.69. The van der Waals surface area contributed by atoms with Crippen LogP contribution in [0, 0.1) is 34.6 Å². The van der Waals surface area contributed by atoms with E-state index in [9.17, 15) is 0 Å². The summed E-state index contributed by atoms with van der Waals surface area (Å²) in [4.78, 5) is 4.75. The van der Waals surface area contributed by atoms with Gasteiger partial charge in [-0.05, 0) is 62.1 Å². The molecule has 0 fully saturated rings. The second kappa shape index (κ2) is 3.83. The molecule has 0 saturated carbocycles. The molecule has 0 radical (unpaired) electrons. The van der Waals surface area contributed by atoms with Crippen LogP contribution in [0.5, 0.6) is 0 Å². The molecular weight excluding hydrogens is 232 g/mol. The van der Waals surface area contributed by atoms with Gasteiger partial charge < -0.3 is 4.57 Å². The number of imidazole rings is 1. The van der Waals surface area contributed by atoms with Gasteiger partial charge in [-0.3, -0.25) is 0 Å². The summed E-state index contributed by atoms with van der Waals surface area (Å²) >= 11 is 0. The quantitative estimate of drug-likeness (QED) is 0.584. The Bertz CT molecular complexity index is 823. The fraction of sp³-hybridized carbons (Fsp3) is 0.353. The third-order valence-electron chi connectivity index (χ3n) is 4.29. The maximum atomic E-state index is 4.75. The zero-order chi connectivity index (χ0) is 13.9. The average molecular weight is 252 g/mol. The van der Waals surface area contributed by atoms with E-state index in [2.05, 4.69) is 58.4 Å². The Morgan fingerprint density at radius 2 is 1.63 bits per heavy atom. The van der Waals surface area contributed by atoms with Gasteiger partial charge in [-0.1, -0.05) is 17.7 Å². The minimum absolute atomic E-state index is 1.07. The van der Waals surface area contributed by atoms with Crippen LogP contribution in [-0.2, 0) is 7.05 Å². The number of aromatic nitrogens is 2. The van der Waals surface area contributed by atoms with Crippen LogP contribution in [0.25, 0.3) is 21.8 Å². The lowest BCUT2D eigenvalue weighted by molar-refractivity contribution is 0.884. The van der Waals surface area contributed by atoms with Crippen LogP contribution in [0.15, 0.2) is 12.1 Å². The van der Waals surface area contributed by atoms with Crippen LogP contribution < -0.4 is 0 Å². The van der Waals surface area contributed by atoms with E-state index in [4.69, 9.17) is 4.98 Å². The summed E-state index contributed by atoms with van der Waals surface area (Å²) in [5.74, 6) is 1.07. The van der Waals surface area contributed by atoms with E-state index in [0.717, 1.165) is 11.3 Å². The highest BCUT2D eigenvalue weighted by Crippen LogP contribution is 2.34. The van der Waals surface area contributed by atoms with Crippen LogP contribution in [0.4, 0.5) is 0 Å². The summed E-state index contributed by atoms with van der Waals surface area (Å²) in [6.45, 7) is 10.8. The highest BCUT2D eigenvalue weighted by Gasteiger charge is 2.15. The zero-order valence-corrected chi connectivity index (χ0v) is 12.5. The first-order valence-electron chi connectivity index (χ1n) is 6.75. The molecule has 2 nitrogen and oxygen atoms in total. The highest BCUT2D eigenvalue weighted by atomic mass is 15.1. The topological polar surface area (TPSA) is 17.8 Å². The van der Waals surface area contributed by atoms with E-state index in [0.29, 0.717) is 0 Å². The molecule has 19 heavy (non-hydrogen) atoms. The smallest absolute Gasteiger partial charge is 0.106 e. The Hall–Kier alpha value is -1.83. The van der Waals surface area contributed by atoms with Gasteiger partial charge in [0, 0.05) is 7.05 Å². The van der Waals surface area contributed by atoms with Crippen molar-refractivity contribution < 1.29 is 0 Å². The molecule has 1 heterocycles. The first-order valence-corrected chi connectivity index (χ1v) is 6.75. The lowest BCUT2D eigenvalue weighted by Crippen LogP contribution is -1.95. The third-order valence-corrected chi connectivity index (χ3v) is 4.29. The van der Waals surface area contributed by atoms with Crippen molar-refractivity contribution in [3.8, 4) is 0 Å². The molecule has 2 heteroatoms. The number of aryl methyl sites for hydroxylation is 6. The molecule has 0 saturated heterocycles. The Morgan fingerprint density at radius 1 is 0.947 bits per heavy atom. The zero-order valence-electron chi connectivity index (χ0n) is 12.5. The number of fused-ring (bicyclic) bond motifs is 2. The predicted molar refractivity (Wildman–Crippen MR) is 81.9 cm³/mol. The van der Waals surface area contributed by atoms with Gasteiger partial charge in [0.05, 0.1) is 11.0 Å². The number of hydrogen-bond donors (Lipinski definition) is 0. The molecule has 1 aromatic heterocycles. The highest BCUT2D eigenvalue weighted by molar-refractivity contribution is 6.04. The number of hydrogen-bond acceptors (Lipinski definition) is 1. The SMILES string of the molecule is Cc1cc(C)c2c(C)c3nc(C)n(C)c3c(C)c2c1. The van der Waals surface area contributed by atoms with Gasteiger partial charge in [0.15, 0.2) is 0 Å². The molecule has 0 bridgehead atoms. The lowest BCUT2D eigenvalue weighted by Gasteiger charge is -2.13. The largest absolute Gasteiger partial charge is 0.331 e. The number of nitrogens with zero attached hydrogens (tertiary/aromatic N) is 2. The second-order valence-electron chi connectivity index (χ2n) is 5.67. The second-order valence-corrected chi connectivity index (χ2v) is 5.67. The van der Waals surface area contributed by atoms with E-state index in [-0.39, 0.29) is 0 Å². The van der Waals surface area contributed by atoms with E-state index >= 15 is 0 Å². The van der Waals surface area contributed by atoms with Gasteiger partial charge in [-0.15, -0.1) is 0 Å². The minimum atomic E-state index is 1.07. The summed E-state index contributed by atoms with van der Waals surface area (Å²) in [5.41, 5.74) is 7.73. The summed E-state index contributed by atoms with van der Waals surface area (Å²) in [5, 5.41) is 2.74. The lowest BCUT2D eigenvalue weighted by atomic mass is 9.93. The van der Waals surface area contributed by atoms with E-state index in [1.807, 2.05) is 0 Å². The number of rotatable bonds is 0. The Morgan fingerprint density at radius 3 is 2.32 bits per heavy atom. The maximum absolute atomic E-state index is 4.75. The van der Waals surface area contributed by atoms with Crippen molar-refractivity contribution in [3.05, 3.63) is 40.2 Å². The van der Waals surface area contributed by atoms with Gasteiger partial charge in [-0.2, -0.15) is 0 Å². The van der Waals surface area contributed by atoms with Gasteiger partial charge in [0.1, 0.15) is 5.82 Å². The molecular formula is C17H20N2. The van der Waals surface area contributed by atoms with Crippen molar-refractivity contribution in [3.63, 3.8) is 0 Å². The molecule has 3 rings (SSSR count). The van der Waals surface area contributed by atoms with Crippen LogP contribution in [0.3, 0.4) is 0 Å². The predicted octanol–water partition coefficient (Wildman–Crippen LogP) is 4.27. The van der Waals surface area contributed by atoms with Crippen LogP contribution in [0.2, 0.25) is 0 Å². The molecule has 3 aromatic rings. The number of benzene rings is 2. The summed E-state index contributed by atoms with van der Waals surface area (Å²) < 4.78 is 2.20. The molecule has 0 aliphatic heterocycles. The average Bonchev–Trinajstić information content (AvgIpc) is 2.63.